The molecule has 4 aromatic rings. The summed E-state index contributed by atoms with van der Waals surface area (Å²) in [6.45, 7) is 5.13. The lowest BCUT2D eigenvalue weighted by molar-refractivity contribution is -0.140. The molecule has 2 amide bonds. The Labute approximate surface area is 300 Å². The Morgan fingerprint density at radius 1 is 0.980 bits per heavy atom. The summed E-state index contributed by atoms with van der Waals surface area (Å²) in [7, 11) is 0. The molecular formula is C40H47ClN6O3. The van der Waals surface area contributed by atoms with Crippen molar-refractivity contribution in [1.29, 1.82) is 0 Å². The number of carbonyl (C=O) groups excluding carboxylic acids is 2. The number of ether oxygens (including phenoxy) is 1. The van der Waals surface area contributed by atoms with Crippen LogP contribution in [0.1, 0.15) is 78.2 Å². The lowest BCUT2D eigenvalue weighted by Crippen LogP contribution is -2.62. The van der Waals surface area contributed by atoms with E-state index in [0.29, 0.717) is 37.7 Å². The predicted octanol–water partition coefficient (Wildman–Crippen LogP) is 7.00. The van der Waals surface area contributed by atoms with Crippen LogP contribution in [-0.2, 0) is 35.5 Å². The standard InChI is InChI=1S/C40H47ClN6O3/c1-29-25-42-28-46(29)21-9-20-45(26-30-10-4-2-5-11-30)39(48)36-27-44(22-23-47(36)40(49)50-34-13-6-3-7-14-34)38-35-18-17-33(41)24-32(35)16-15-31-12-8-19-43-37(31)38/h2,4-5,8,10-12,17-19,24-25,28,34,36,38H,3,6-7,9,13-16,20-23,26-27H2,1H3/t36-,38?/m1/s1. The van der Waals surface area contributed by atoms with E-state index in [4.69, 9.17) is 21.3 Å². The number of imidazole rings is 1. The third-order valence-electron chi connectivity index (χ3n) is 10.6. The zero-order valence-corrected chi connectivity index (χ0v) is 29.7. The van der Waals surface area contributed by atoms with E-state index < -0.39 is 6.04 Å². The van der Waals surface area contributed by atoms with Crippen molar-refractivity contribution in [1.82, 2.24) is 29.2 Å². The third kappa shape index (κ3) is 7.74. The summed E-state index contributed by atoms with van der Waals surface area (Å²) in [5, 5.41) is 0.715. The van der Waals surface area contributed by atoms with Crippen LogP contribution in [0.4, 0.5) is 4.79 Å². The minimum atomic E-state index is -0.718. The van der Waals surface area contributed by atoms with Crippen molar-refractivity contribution in [2.75, 3.05) is 26.2 Å². The Kier molecular flexibility index (Phi) is 10.8. The van der Waals surface area contributed by atoms with E-state index in [2.05, 4.69) is 44.8 Å². The van der Waals surface area contributed by atoms with Gasteiger partial charge in [-0.3, -0.25) is 19.6 Å². The van der Waals surface area contributed by atoms with E-state index in [0.717, 1.165) is 74.0 Å². The number of fused-ring (bicyclic) bond motifs is 2. The van der Waals surface area contributed by atoms with Crippen LogP contribution in [0.15, 0.2) is 79.4 Å². The molecule has 1 aliphatic heterocycles. The summed E-state index contributed by atoms with van der Waals surface area (Å²) in [6, 6.07) is 19.5. The van der Waals surface area contributed by atoms with Gasteiger partial charge in [0, 0.05) is 62.4 Å². The van der Waals surface area contributed by atoms with E-state index in [9.17, 15) is 9.59 Å². The minimum absolute atomic E-state index is 0.0623. The summed E-state index contributed by atoms with van der Waals surface area (Å²) in [5.74, 6) is -0.0623. The first-order valence-corrected chi connectivity index (χ1v) is 18.6. The summed E-state index contributed by atoms with van der Waals surface area (Å²) >= 11 is 6.52. The van der Waals surface area contributed by atoms with Crippen LogP contribution in [0.5, 0.6) is 0 Å². The molecule has 1 saturated carbocycles. The summed E-state index contributed by atoms with van der Waals surface area (Å²) in [6.07, 6.45) is 12.6. The van der Waals surface area contributed by atoms with Gasteiger partial charge < -0.3 is 14.2 Å². The highest BCUT2D eigenvalue weighted by atomic mass is 35.5. The maximum absolute atomic E-state index is 15.0. The monoisotopic (exact) mass is 694 g/mol. The van der Waals surface area contributed by atoms with Crippen LogP contribution in [0.2, 0.25) is 5.02 Å². The molecule has 10 heteroatoms. The first-order chi connectivity index (χ1) is 24.4. The number of benzene rings is 2. The summed E-state index contributed by atoms with van der Waals surface area (Å²) in [5.41, 5.74) is 6.71. The van der Waals surface area contributed by atoms with Gasteiger partial charge in [0.25, 0.3) is 0 Å². The highest BCUT2D eigenvalue weighted by Gasteiger charge is 2.42. The Hall–Kier alpha value is -4.21. The molecule has 2 aliphatic carbocycles. The molecule has 9 nitrogen and oxygen atoms in total. The molecule has 1 saturated heterocycles. The topological polar surface area (TPSA) is 83.8 Å². The maximum Gasteiger partial charge on any atom is 0.410 e. The molecule has 2 aromatic carbocycles. The van der Waals surface area contributed by atoms with Crippen LogP contribution in [0.3, 0.4) is 0 Å². The fourth-order valence-electron chi connectivity index (χ4n) is 7.95. The van der Waals surface area contributed by atoms with Crippen LogP contribution < -0.4 is 0 Å². The molecule has 1 unspecified atom stereocenters. The largest absolute Gasteiger partial charge is 0.446 e. The van der Waals surface area contributed by atoms with Crippen molar-refractivity contribution < 1.29 is 14.3 Å². The molecule has 3 heterocycles. The highest BCUT2D eigenvalue weighted by Crippen LogP contribution is 2.38. The smallest absolute Gasteiger partial charge is 0.410 e. The molecule has 2 aromatic heterocycles. The second-order valence-electron chi connectivity index (χ2n) is 14.0. The summed E-state index contributed by atoms with van der Waals surface area (Å²) in [4.78, 5) is 44.2. The SMILES string of the molecule is Cc1cncn1CCCN(Cc1ccccc1)C(=O)[C@H]1CN(C2c3ccc(Cl)cc3CCc3cccnc32)CCN1C(=O)OC1CCCCC1. The zero-order valence-electron chi connectivity index (χ0n) is 28.9. The fourth-order valence-corrected chi connectivity index (χ4v) is 8.14. The van der Waals surface area contributed by atoms with Crippen LogP contribution in [0.25, 0.3) is 0 Å². The van der Waals surface area contributed by atoms with Gasteiger partial charge in [0.1, 0.15) is 12.1 Å². The first kappa shape index (κ1) is 34.2. The number of carbonyl (C=O) groups is 2. The highest BCUT2D eigenvalue weighted by molar-refractivity contribution is 6.30. The second kappa shape index (κ2) is 15.8. The molecule has 0 radical (unpaired) electrons. The average Bonchev–Trinajstić information content (AvgIpc) is 3.48. The van der Waals surface area contributed by atoms with Gasteiger partial charge in [-0.05, 0) is 92.3 Å². The normalized spacial score (nSPS) is 19.7. The number of halogens is 1. The average molecular weight is 695 g/mol. The van der Waals surface area contributed by atoms with Gasteiger partial charge in [0.15, 0.2) is 0 Å². The lowest BCUT2D eigenvalue weighted by Gasteiger charge is -2.45. The van der Waals surface area contributed by atoms with Crippen molar-refractivity contribution in [3.63, 3.8) is 0 Å². The molecule has 7 rings (SSSR count). The number of amides is 2. The lowest BCUT2D eigenvalue weighted by atomic mass is 9.95. The molecule has 2 atom stereocenters. The number of nitrogens with zero attached hydrogens (tertiary/aromatic N) is 6. The van der Waals surface area contributed by atoms with Gasteiger partial charge in [-0.2, -0.15) is 0 Å². The third-order valence-corrected chi connectivity index (χ3v) is 10.9. The number of aryl methyl sites for hydroxylation is 4. The molecule has 262 valence electrons. The van der Waals surface area contributed by atoms with Crippen LogP contribution in [-0.4, -0.2) is 79.6 Å². The Balaban J connectivity index is 1.21. The molecule has 0 spiro atoms. The second-order valence-corrected chi connectivity index (χ2v) is 14.4. The number of piperazine rings is 1. The maximum atomic E-state index is 15.0. The predicted molar refractivity (Wildman–Crippen MR) is 194 cm³/mol. The number of hydrogen-bond acceptors (Lipinski definition) is 6. The van der Waals surface area contributed by atoms with E-state index in [1.54, 1.807) is 4.90 Å². The number of hydrogen-bond donors (Lipinski definition) is 0. The fraction of sp³-hybridized carbons (Fsp3) is 0.450. The minimum Gasteiger partial charge on any atom is -0.446 e. The van der Waals surface area contributed by atoms with Gasteiger partial charge in [-0.1, -0.05) is 60.5 Å². The Bertz CT molecular complexity index is 1770. The van der Waals surface area contributed by atoms with E-state index in [-0.39, 0.29) is 24.1 Å². The quantitative estimate of drug-likeness (QED) is 0.188. The molecule has 2 fully saturated rings. The molecule has 3 aliphatic rings. The number of rotatable bonds is 9. The number of pyridine rings is 1. The van der Waals surface area contributed by atoms with Gasteiger partial charge in [-0.25, -0.2) is 9.78 Å². The zero-order chi connectivity index (χ0) is 34.5. The van der Waals surface area contributed by atoms with Gasteiger partial charge in [0.2, 0.25) is 5.91 Å². The van der Waals surface area contributed by atoms with Gasteiger partial charge in [0.05, 0.1) is 18.1 Å². The summed E-state index contributed by atoms with van der Waals surface area (Å²) < 4.78 is 8.25. The molecule has 0 N–H and O–H groups in total. The Morgan fingerprint density at radius 3 is 2.60 bits per heavy atom. The molecular weight excluding hydrogens is 648 g/mol. The van der Waals surface area contributed by atoms with Crippen LogP contribution in [0, 0.1) is 6.92 Å². The van der Waals surface area contributed by atoms with Crippen molar-refractivity contribution >= 4 is 23.6 Å². The van der Waals surface area contributed by atoms with E-state index >= 15 is 0 Å². The van der Waals surface area contributed by atoms with Crippen molar-refractivity contribution in [2.24, 2.45) is 0 Å². The van der Waals surface area contributed by atoms with E-state index in [1.807, 2.05) is 60.9 Å². The molecule has 0 bridgehead atoms. The first-order valence-electron chi connectivity index (χ1n) is 18.2. The van der Waals surface area contributed by atoms with Crippen molar-refractivity contribution in [3.05, 3.63) is 118 Å². The van der Waals surface area contributed by atoms with Crippen molar-refractivity contribution in [2.45, 2.75) is 89.6 Å². The van der Waals surface area contributed by atoms with Crippen LogP contribution >= 0.6 is 11.6 Å². The van der Waals surface area contributed by atoms with E-state index in [1.165, 1.54) is 17.5 Å². The number of aromatic nitrogens is 3. The van der Waals surface area contributed by atoms with Gasteiger partial charge in [-0.15, -0.1) is 0 Å². The van der Waals surface area contributed by atoms with Crippen molar-refractivity contribution in [3.8, 4) is 0 Å². The molecule has 50 heavy (non-hydrogen) atoms. The van der Waals surface area contributed by atoms with Gasteiger partial charge >= 0.3 is 6.09 Å². The Morgan fingerprint density at radius 2 is 1.80 bits per heavy atom.